The largest absolute Gasteiger partial charge is 0.493 e. The van der Waals surface area contributed by atoms with E-state index in [9.17, 15) is 14.7 Å². The van der Waals surface area contributed by atoms with E-state index in [2.05, 4.69) is 27.8 Å². The number of fused-ring (bicyclic) bond motifs is 2. The van der Waals surface area contributed by atoms with E-state index in [1.807, 2.05) is 31.2 Å². The first kappa shape index (κ1) is 24.0. The van der Waals surface area contributed by atoms with Crippen LogP contribution in [0.15, 0.2) is 60.9 Å². The van der Waals surface area contributed by atoms with Crippen LogP contribution in [-0.2, 0) is 26.1 Å². The molecule has 2 aliphatic rings. The van der Waals surface area contributed by atoms with E-state index < -0.39 is 6.10 Å². The van der Waals surface area contributed by atoms with Crippen molar-refractivity contribution in [3.05, 3.63) is 94.3 Å². The Kier molecular flexibility index (Phi) is 6.97. The number of aromatic nitrogens is 1. The normalized spacial score (nSPS) is 17.3. The first-order valence-electron chi connectivity index (χ1n) is 12.3. The van der Waals surface area contributed by atoms with E-state index in [0.29, 0.717) is 49.5 Å². The molecule has 3 heterocycles. The predicted molar refractivity (Wildman–Crippen MR) is 135 cm³/mol. The number of benzene rings is 2. The second-order valence-electron chi connectivity index (χ2n) is 9.19. The Bertz CT molecular complexity index is 1260. The third-order valence-electron chi connectivity index (χ3n) is 6.80. The maximum Gasteiger partial charge on any atom is 0.255 e. The fraction of sp³-hybridized carbons (Fsp3) is 0.321. The van der Waals surface area contributed by atoms with Crippen LogP contribution in [0.1, 0.15) is 49.9 Å². The summed E-state index contributed by atoms with van der Waals surface area (Å²) in [6.07, 6.45) is 3.36. The van der Waals surface area contributed by atoms with Crippen LogP contribution in [0.4, 0.5) is 0 Å². The van der Waals surface area contributed by atoms with Crippen molar-refractivity contribution in [1.29, 1.82) is 0 Å². The van der Waals surface area contributed by atoms with Crippen molar-refractivity contribution in [3.63, 3.8) is 0 Å². The maximum atomic E-state index is 13.2. The van der Waals surface area contributed by atoms with Crippen LogP contribution >= 0.6 is 0 Å². The van der Waals surface area contributed by atoms with Crippen molar-refractivity contribution in [2.75, 3.05) is 13.2 Å². The number of rotatable bonds is 8. The van der Waals surface area contributed by atoms with E-state index in [1.54, 1.807) is 29.4 Å². The van der Waals surface area contributed by atoms with Gasteiger partial charge in [-0.05, 0) is 59.9 Å². The molecule has 2 atom stereocenters. The molecule has 186 valence electrons. The quantitative estimate of drug-likeness (QED) is 0.452. The van der Waals surface area contributed by atoms with Gasteiger partial charge in [0.2, 0.25) is 0 Å². The van der Waals surface area contributed by atoms with Crippen LogP contribution in [-0.4, -0.2) is 52.1 Å². The van der Waals surface area contributed by atoms with Gasteiger partial charge in [0.05, 0.1) is 18.3 Å². The zero-order valence-corrected chi connectivity index (χ0v) is 20.2. The lowest BCUT2D eigenvalue weighted by atomic mass is 9.93. The van der Waals surface area contributed by atoms with E-state index in [0.717, 1.165) is 11.1 Å². The molecule has 36 heavy (non-hydrogen) atoms. The van der Waals surface area contributed by atoms with Gasteiger partial charge in [0, 0.05) is 50.2 Å². The molecule has 3 aromatic rings. The van der Waals surface area contributed by atoms with Crippen LogP contribution in [0.5, 0.6) is 5.75 Å². The highest BCUT2D eigenvalue weighted by Gasteiger charge is 2.31. The molecular weight excluding hydrogens is 456 g/mol. The van der Waals surface area contributed by atoms with Crippen molar-refractivity contribution in [3.8, 4) is 5.75 Å². The standard InChI is InChI=1S/C28H30N4O4/c1-2-36-26-13-22-21(17-32(28(22)35)16-18-7-9-29-10-8-18)11-23(26)27(34)31-15-25(33)24-12-19-5-3-4-6-20(19)14-30-24/h3-11,13,24-25,30,33H,2,12,14-17H2,1H3,(H,31,34). The number of carbonyl (C=O) groups is 2. The molecule has 2 unspecified atom stereocenters. The molecule has 0 aliphatic carbocycles. The number of hydrogen-bond donors (Lipinski definition) is 3. The summed E-state index contributed by atoms with van der Waals surface area (Å²) < 4.78 is 5.73. The minimum atomic E-state index is -0.746. The summed E-state index contributed by atoms with van der Waals surface area (Å²) in [4.78, 5) is 32.0. The van der Waals surface area contributed by atoms with Gasteiger partial charge in [0.25, 0.3) is 11.8 Å². The van der Waals surface area contributed by atoms with Crippen LogP contribution in [0.25, 0.3) is 0 Å². The SMILES string of the molecule is CCOc1cc2c(cc1C(=O)NCC(O)C1Cc3ccccc3CN1)CN(Cc1ccncc1)C2=O. The van der Waals surface area contributed by atoms with Crippen LogP contribution in [0.3, 0.4) is 0 Å². The van der Waals surface area contributed by atoms with Gasteiger partial charge in [0.15, 0.2) is 0 Å². The Morgan fingerprint density at radius 3 is 2.75 bits per heavy atom. The highest BCUT2D eigenvalue weighted by atomic mass is 16.5. The maximum absolute atomic E-state index is 13.2. The highest BCUT2D eigenvalue weighted by Crippen LogP contribution is 2.31. The molecule has 2 aromatic carbocycles. The lowest BCUT2D eigenvalue weighted by Crippen LogP contribution is -2.49. The summed E-state index contributed by atoms with van der Waals surface area (Å²) in [6, 6.07) is 15.2. The van der Waals surface area contributed by atoms with E-state index in [-0.39, 0.29) is 24.4 Å². The third kappa shape index (κ3) is 4.96. The molecule has 8 heteroatoms. The molecule has 0 saturated heterocycles. The summed E-state index contributed by atoms with van der Waals surface area (Å²) >= 11 is 0. The Hall–Kier alpha value is -3.75. The average Bonchev–Trinajstić information content (AvgIpc) is 3.21. The molecule has 2 aliphatic heterocycles. The third-order valence-corrected chi connectivity index (χ3v) is 6.80. The summed E-state index contributed by atoms with van der Waals surface area (Å²) in [6.45, 7) is 3.87. The van der Waals surface area contributed by atoms with Gasteiger partial charge in [-0.1, -0.05) is 24.3 Å². The summed E-state index contributed by atoms with van der Waals surface area (Å²) in [5.74, 6) is -0.0580. The van der Waals surface area contributed by atoms with Crippen LogP contribution in [0.2, 0.25) is 0 Å². The Labute approximate surface area is 210 Å². The number of pyridine rings is 1. The highest BCUT2D eigenvalue weighted by molar-refractivity contribution is 6.03. The van der Waals surface area contributed by atoms with E-state index in [1.165, 1.54) is 11.1 Å². The van der Waals surface area contributed by atoms with Gasteiger partial charge in [0.1, 0.15) is 5.75 Å². The zero-order valence-electron chi connectivity index (χ0n) is 20.2. The first-order valence-corrected chi connectivity index (χ1v) is 12.3. The molecule has 3 N–H and O–H groups in total. The van der Waals surface area contributed by atoms with Crippen molar-refractivity contribution in [1.82, 2.24) is 20.5 Å². The van der Waals surface area contributed by atoms with Gasteiger partial charge in [-0.15, -0.1) is 0 Å². The van der Waals surface area contributed by atoms with Crippen molar-refractivity contribution >= 4 is 11.8 Å². The minimum absolute atomic E-state index is 0.0891. The molecule has 0 fully saturated rings. The predicted octanol–water partition coefficient (Wildman–Crippen LogP) is 2.44. The Balaban J connectivity index is 1.27. The number of hydrogen-bond acceptors (Lipinski definition) is 6. The molecule has 5 rings (SSSR count). The van der Waals surface area contributed by atoms with Gasteiger partial charge in [-0.25, -0.2) is 0 Å². The van der Waals surface area contributed by atoms with E-state index in [4.69, 9.17) is 4.74 Å². The fourth-order valence-electron chi connectivity index (χ4n) is 4.88. The van der Waals surface area contributed by atoms with Gasteiger partial charge < -0.3 is 25.4 Å². The Morgan fingerprint density at radius 1 is 1.19 bits per heavy atom. The molecule has 0 radical (unpaired) electrons. The summed E-state index contributed by atoms with van der Waals surface area (Å²) in [5.41, 5.74) is 5.13. The van der Waals surface area contributed by atoms with Crippen molar-refractivity contribution in [2.45, 2.75) is 45.1 Å². The number of amides is 2. The number of nitrogens with one attached hydrogen (secondary N) is 2. The molecular formula is C28H30N4O4. The second kappa shape index (κ2) is 10.5. The van der Waals surface area contributed by atoms with Gasteiger partial charge in [-0.3, -0.25) is 14.6 Å². The van der Waals surface area contributed by atoms with Crippen molar-refractivity contribution < 1.29 is 19.4 Å². The molecule has 0 saturated carbocycles. The summed E-state index contributed by atoms with van der Waals surface area (Å²) in [7, 11) is 0. The van der Waals surface area contributed by atoms with Gasteiger partial charge >= 0.3 is 0 Å². The molecule has 8 nitrogen and oxygen atoms in total. The molecule has 0 bridgehead atoms. The topological polar surface area (TPSA) is 104 Å². The van der Waals surface area contributed by atoms with Crippen LogP contribution in [0, 0.1) is 0 Å². The monoisotopic (exact) mass is 486 g/mol. The fourth-order valence-corrected chi connectivity index (χ4v) is 4.88. The second-order valence-corrected chi connectivity index (χ2v) is 9.19. The first-order chi connectivity index (χ1) is 17.5. The minimum Gasteiger partial charge on any atom is -0.493 e. The molecule has 2 amide bonds. The number of ether oxygens (including phenoxy) is 1. The molecule has 1 aromatic heterocycles. The molecule has 0 spiro atoms. The average molecular weight is 487 g/mol. The number of aliphatic hydroxyl groups excluding tert-OH is 1. The Morgan fingerprint density at radius 2 is 1.97 bits per heavy atom. The lowest BCUT2D eigenvalue weighted by molar-refractivity contribution is 0.0766. The number of nitrogens with zero attached hydrogens (tertiary/aromatic N) is 2. The number of aliphatic hydroxyl groups is 1. The zero-order chi connectivity index (χ0) is 25.1. The summed E-state index contributed by atoms with van der Waals surface area (Å²) in [5, 5.41) is 17.0. The van der Waals surface area contributed by atoms with Crippen molar-refractivity contribution in [2.24, 2.45) is 0 Å². The van der Waals surface area contributed by atoms with Gasteiger partial charge in [-0.2, -0.15) is 0 Å². The smallest absolute Gasteiger partial charge is 0.255 e. The van der Waals surface area contributed by atoms with E-state index >= 15 is 0 Å². The number of carbonyl (C=O) groups excluding carboxylic acids is 2. The van der Waals surface area contributed by atoms with Crippen LogP contribution < -0.4 is 15.4 Å². The lowest BCUT2D eigenvalue weighted by Gasteiger charge is -2.30.